The Bertz CT molecular complexity index is 7550. The molecule has 0 atom stereocenters. The van der Waals surface area contributed by atoms with Crippen LogP contribution >= 0.6 is 45.9 Å². The second kappa shape index (κ2) is 36.4. The number of hydrogen-bond donors (Lipinski definition) is 1. The normalized spacial score (nSPS) is 16.3. The molecule has 8 heteroatoms. The van der Waals surface area contributed by atoms with Crippen molar-refractivity contribution in [2.75, 3.05) is 20.0 Å². The lowest BCUT2D eigenvalue weighted by Gasteiger charge is -2.43. The third-order valence-corrected chi connectivity index (χ3v) is 34.4. The van der Waals surface area contributed by atoms with E-state index in [1.807, 2.05) is 28.7 Å². The van der Waals surface area contributed by atoms with Crippen LogP contribution in [0.4, 0.5) is 62.6 Å². The molecule has 0 unspecified atom stereocenters. The fourth-order valence-corrected chi connectivity index (χ4v) is 25.4. The van der Waals surface area contributed by atoms with Gasteiger partial charge in [0.25, 0.3) is 0 Å². The zero-order valence-electron chi connectivity index (χ0n) is 84.4. The Morgan fingerprint density at radius 1 is 0.223 bits per heavy atom. The van der Waals surface area contributed by atoms with E-state index in [0.717, 1.165) is 69.1 Å². The Morgan fingerprint density at radius 2 is 0.525 bits per heavy atom. The number of halogens is 2. The van der Waals surface area contributed by atoms with Crippen molar-refractivity contribution in [3.05, 3.63) is 411 Å². The van der Waals surface area contributed by atoms with Crippen LogP contribution in [0.2, 0.25) is 10.0 Å². The van der Waals surface area contributed by atoms with Gasteiger partial charge in [-0.25, -0.2) is 0 Å². The molecule has 22 rings (SSSR count). The molecule has 0 bridgehead atoms. The molecule has 0 saturated carbocycles. The summed E-state index contributed by atoms with van der Waals surface area (Å²) in [5.74, 6) is 0. The molecular formula is C131H130Cl2N4S2. The van der Waals surface area contributed by atoms with E-state index in [4.69, 9.17) is 23.2 Å². The van der Waals surface area contributed by atoms with Gasteiger partial charge in [-0.3, -0.25) is 0 Å². The Hall–Kier alpha value is -12.3. The number of thiophene rings is 2. The molecule has 0 aliphatic heterocycles. The first kappa shape index (κ1) is 94.3. The summed E-state index contributed by atoms with van der Waals surface area (Å²) in [7, 11) is 0. The largest absolute Gasteiger partial charge is 0.355 e. The van der Waals surface area contributed by atoms with E-state index in [1.54, 1.807) is 0 Å². The quantitative estimate of drug-likeness (QED) is 0.110. The standard InChI is InChI=1S/C65H63ClN2S.C35H44ClN.C31H23NS/c1-42-35-45(43-15-11-10-12-16-43)21-29-59(42)68(48-23-19-44(20-24-48)46-22-30-61-54(36-46)53-17-13-14-18-60(53)69-61)52-38-47(66)37-51(39-52)67(49-25-27-55-57(40-49)64(6,7)33-31-62(55,2)3)50-26-28-56-58(41-50)65(8,9)34-32-63(56,4)5;1-23-18-24(36)20-27(19-23)37(25-10-12-28-30(21-25)34(6,7)16-14-32(28,2)3)26-11-13-29-31(22-26)35(8,9)17-15-33(29,4)5;1-21-19-24(22-7-3-2-4-8-22)13-17-29(21)32-26-15-11-23(12-16-26)25-14-18-31-28(20-25)27-9-5-6-10-30(27)33-31/h10-30,35-41H,31-34H2,1-9H3;10-13,18-22H,14-17H2,1-9H3;2-20,32H,1H3. The molecule has 0 radical (unpaired) electrons. The molecule has 0 saturated heterocycles. The molecule has 4 nitrogen and oxygen atoms in total. The van der Waals surface area contributed by atoms with Gasteiger partial charge in [0.15, 0.2) is 0 Å². The highest BCUT2D eigenvalue weighted by atomic mass is 35.5. The van der Waals surface area contributed by atoms with E-state index < -0.39 is 0 Å². The number of benzene rings is 16. The highest BCUT2D eigenvalue weighted by molar-refractivity contribution is 7.26. The zero-order chi connectivity index (χ0) is 97.2. The van der Waals surface area contributed by atoms with Crippen LogP contribution < -0.4 is 20.0 Å². The third-order valence-electron chi connectivity index (χ3n) is 31.6. The molecule has 2 aromatic heterocycles. The average molecular weight is 1900 g/mol. The second-order valence-corrected chi connectivity index (χ2v) is 48.3. The summed E-state index contributed by atoms with van der Waals surface area (Å²) in [6, 6.07) is 125. The van der Waals surface area contributed by atoms with Crippen molar-refractivity contribution in [3.8, 4) is 44.5 Å². The van der Waals surface area contributed by atoms with E-state index in [9.17, 15) is 0 Å². The number of anilines is 11. The first-order valence-electron chi connectivity index (χ1n) is 50.0. The number of hydrogen-bond acceptors (Lipinski definition) is 6. The second-order valence-electron chi connectivity index (χ2n) is 45.3. The van der Waals surface area contributed by atoms with Gasteiger partial charge in [-0.05, 0) is 391 Å². The van der Waals surface area contributed by atoms with Gasteiger partial charge in [-0.1, -0.05) is 304 Å². The summed E-state index contributed by atoms with van der Waals surface area (Å²) >= 11 is 17.8. The highest BCUT2D eigenvalue weighted by Gasteiger charge is 2.43. The molecule has 4 aliphatic rings. The number of nitrogens with one attached hydrogen (secondary N) is 1. The molecule has 0 amide bonds. The van der Waals surface area contributed by atoms with E-state index in [2.05, 4.69) is 485 Å². The minimum absolute atomic E-state index is 0.0452. The zero-order valence-corrected chi connectivity index (χ0v) is 87.5. The molecule has 2 heterocycles. The van der Waals surface area contributed by atoms with Crippen LogP contribution in [-0.2, 0) is 43.3 Å². The monoisotopic (exact) mass is 1890 g/mol. The molecule has 139 heavy (non-hydrogen) atoms. The maximum Gasteiger partial charge on any atom is 0.0497 e. The van der Waals surface area contributed by atoms with Gasteiger partial charge in [0.2, 0.25) is 0 Å². The minimum atomic E-state index is 0.0452. The van der Waals surface area contributed by atoms with Crippen LogP contribution in [0.1, 0.15) is 223 Å². The molecule has 0 spiro atoms. The number of aryl methyl sites for hydroxylation is 3. The van der Waals surface area contributed by atoms with E-state index >= 15 is 0 Å². The first-order chi connectivity index (χ1) is 66.3. The number of nitrogens with zero attached hydrogens (tertiary/aromatic N) is 3. The van der Waals surface area contributed by atoms with Crippen molar-refractivity contribution in [1.82, 2.24) is 0 Å². The van der Waals surface area contributed by atoms with Gasteiger partial charge in [0, 0.05) is 113 Å². The Labute approximate surface area is 843 Å². The van der Waals surface area contributed by atoms with Crippen molar-refractivity contribution in [2.24, 2.45) is 0 Å². The van der Waals surface area contributed by atoms with Crippen LogP contribution in [0.15, 0.2) is 340 Å². The Balaban J connectivity index is 0.000000142. The van der Waals surface area contributed by atoms with Crippen molar-refractivity contribution < 1.29 is 0 Å². The van der Waals surface area contributed by atoms with Gasteiger partial charge in [0.1, 0.15) is 0 Å². The van der Waals surface area contributed by atoms with Crippen LogP contribution in [0, 0.1) is 20.8 Å². The van der Waals surface area contributed by atoms with Crippen molar-refractivity contribution >= 4 is 149 Å². The molecule has 700 valence electrons. The lowest BCUT2D eigenvalue weighted by molar-refractivity contribution is 0.332. The summed E-state index contributed by atoms with van der Waals surface area (Å²) in [4.78, 5) is 7.30. The van der Waals surface area contributed by atoms with Gasteiger partial charge in [-0.15, -0.1) is 22.7 Å². The van der Waals surface area contributed by atoms with Crippen LogP contribution in [0.5, 0.6) is 0 Å². The van der Waals surface area contributed by atoms with Gasteiger partial charge in [-0.2, -0.15) is 0 Å². The minimum Gasteiger partial charge on any atom is -0.355 e. The van der Waals surface area contributed by atoms with Crippen molar-refractivity contribution in [2.45, 2.75) is 226 Å². The fraction of sp³-hybridized carbons (Fsp3) is 0.267. The summed E-state index contributed by atoms with van der Waals surface area (Å²) < 4.78 is 5.32. The highest BCUT2D eigenvalue weighted by Crippen LogP contribution is 2.56. The number of fused-ring (bicyclic) bond motifs is 10. The van der Waals surface area contributed by atoms with E-state index in [0.29, 0.717) is 5.02 Å². The SMILES string of the molecule is Cc1cc(-c2ccccc2)ccc1N(c1ccc(-c2ccc3sc4ccccc4c3c2)cc1)c1cc(Cl)cc(N(c2ccc3c(c2)C(C)(C)CCC3(C)C)c2ccc3c(c2)C(C)(C)CCC3(C)C)c1.Cc1cc(-c2ccccc2)ccc1Nc1ccc(-c2ccc3sc4ccccc4c3c2)cc1.Cc1cc(Cl)cc(N(c2ccc3c(c2)C(C)(C)CCC3(C)C)c2ccc3c(c2)C(C)(C)CCC3(C)C)c1. The van der Waals surface area contributed by atoms with Crippen molar-refractivity contribution in [1.29, 1.82) is 0 Å². The average Bonchev–Trinajstić information content (AvgIpc) is 1.60. The topological polar surface area (TPSA) is 21.8 Å². The Morgan fingerprint density at radius 3 is 0.914 bits per heavy atom. The summed E-state index contributed by atoms with van der Waals surface area (Å²) in [6.45, 7) is 45.1. The van der Waals surface area contributed by atoms with E-state index in [-0.39, 0.29) is 43.3 Å². The predicted molar refractivity (Wildman–Crippen MR) is 606 cm³/mol. The lowest BCUT2D eigenvalue weighted by atomic mass is 9.63. The third kappa shape index (κ3) is 18.6. The van der Waals surface area contributed by atoms with Crippen LogP contribution in [0.3, 0.4) is 0 Å². The Kier molecular flexibility index (Phi) is 24.7. The molecule has 18 aromatic rings. The van der Waals surface area contributed by atoms with Gasteiger partial charge >= 0.3 is 0 Å². The van der Waals surface area contributed by atoms with Crippen LogP contribution in [-0.4, -0.2) is 0 Å². The maximum atomic E-state index is 7.46. The first-order valence-corrected chi connectivity index (χ1v) is 52.4. The lowest BCUT2D eigenvalue weighted by Crippen LogP contribution is -2.34. The van der Waals surface area contributed by atoms with Crippen LogP contribution in [0.25, 0.3) is 84.9 Å². The van der Waals surface area contributed by atoms with Gasteiger partial charge < -0.3 is 20.0 Å². The fourth-order valence-electron chi connectivity index (χ4n) is 22.7. The molecule has 4 aliphatic carbocycles. The summed E-state index contributed by atoms with van der Waals surface area (Å²) in [6.07, 6.45) is 9.49. The van der Waals surface area contributed by atoms with E-state index in [1.165, 1.54) is 196 Å². The molecule has 0 fully saturated rings. The van der Waals surface area contributed by atoms with Crippen molar-refractivity contribution in [3.63, 3.8) is 0 Å². The summed E-state index contributed by atoms with van der Waals surface area (Å²) in [5, 5.41) is 10.3. The number of rotatable bonds is 15. The molecular weight excluding hydrogens is 1760 g/mol. The predicted octanol–water partition coefficient (Wildman–Crippen LogP) is 40.2. The molecule has 16 aromatic carbocycles. The van der Waals surface area contributed by atoms with Gasteiger partial charge in [0.05, 0.1) is 0 Å². The molecule has 1 N–H and O–H groups in total. The maximum absolute atomic E-state index is 7.46. The smallest absolute Gasteiger partial charge is 0.0497 e. The summed E-state index contributed by atoms with van der Waals surface area (Å²) in [5.41, 5.74) is 38.3.